The van der Waals surface area contributed by atoms with Crippen LogP contribution in [-0.2, 0) is 4.79 Å². The Balaban J connectivity index is 1.22. The molecule has 148 valence electrons. The maximum Gasteiger partial charge on any atom is 0.220 e. The molecule has 4 N–H and O–H groups in total. The summed E-state index contributed by atoms with van der Waals surface area (Å²) < 4.78 is 0. The summed E-state index contributed by atoms with van der Waals surface area (Å²) in [4.78, 5) is 22.8. The van der Waals surface area contributed by atoms with Crippen LogP contribution in [0.25, 0.3) is 0 Å². The predicted molar refractivity (Wildman–Crippen MR) is 102 cm³/mol. The molecule has 0 radical (unpaired) electrons. The van der Waals surface area contributed by atoms with Gasteiger partial charge in [-0.15, -0.1) is 0 Å². The second-order valence-corrected chi connectivity index (χ2v) is 8.03. The van der Waals surface area contributed by atoms with Gasteiger partial charge in [0.05, 0.1) is 18.3 Å². The fraction of sp³-hybridized carbons (Fsp3) is 0.737. The third-order valence-corrected chi connectivity index (χ3v) is 6.27. The highest BCUT2D eigenvalue weighted by Gasteiger charge is 2.37. The Labute approximate surface area is 160 Å². The van der Waals surface area contributed by atoms with Crippen LogP contribution in [0.4, 0.5) is 5.82 Å². The molecule has 0 bridgehead atoms. The number of piperidine rings is 1. The molecule has 3 fully saturated rings. The van der Waals surface area contributed by atoms with E-state index >= 15 is 0 Å². The Hall–Kier alpha value is -1.77. The number of nitrogens with one attached hydrogen (secondary N) is 3. The van der Waals surface area contributed by atoms with Gasteiger partial charge in [0, 0.05) is 44.0 Å². The molecule has 3 aliphatic rings. The highest BCUT2D eigenvalue weighted by atomic mass is 16.3. The molecule has 8 heteroatoms. The second-order valence-electron chi connectivity index (χ2n) is 8.03. The number of rotatable bonds is 5. The Morgan fingerprint density at radius 3 is 2.96 bits per heavy atom. The minimum Gasteiger partial charge on any atom is -0.389 e. The van der Waals surface area contributed by atoms with Crippen LogP contribution in [0.5, 0.6) is 0 Å². The van der Waals surface area contributed by atoms with Gasteiger partial charge >= 0.3 is 0 Å². The number of amides is 1. The van der Waals surface area contributed by atoms with Crippen molar-refractivity contribution in [1.82, 2.24) is 26.1 Å². The van der Waals surface area contributed by atoms with E-state index in [4.69, 9.17) is 0 Å². The average Bonchev–Trinajstić information content (AvgIpc) is 3.12. The summed E-state index contributed by atoms with van der Waals surface area (Å²) in [6, 6.07) is 0.756. The van der Waals surface area contributed by atoms with Crippen LogP contribution in [0.3, 0.4) is 0 Å². The number of anilines is 1. The smallest absolute Gasteiger partial charge is 0.220 e. The highest BCUT2D eigenvalue weighted by Crippen LogP contribution is 2.31. The van der Waals surface area contributed by atoms with Crippen LogP contribution < -0.4 is 21.1 Å². The number of nitrogens with zero attached hydrogens (tertiary/aromatic N) is 3. The summed E-state index contributed by atoms with van der Waals surface area (Å²) in [6.45, 7) is 1.21. The van der Waals surface area contributed by atoms with Crippen molar-refractivity contribution in [1.29, 1.82) is 0 Å². The van der Waals surface area contributed by atoms with Gasteiger partial charge in [-0.3, -0.25) is 20.6 Å². The van der Waals surface area contributed by atoms with Crippen molar-refractivity contribution >= 4 is 11.7 Å². The molecule has 1 saturated carbocycles. The van der Waals surface area contributed by atoms with Crippen LogP contribution in [0.2, 0.25) is 0 Å². The Bertz CT molecular complexity index is 630. The molecule has 1 aromatic heterocycles. The standard InChI is InChI=1S/C19H30N6O2/c26-17-12-25(18-11-20-8-9-21-18)10-7-16(17)22-19(27)6-5-15-13-3-1-2-4-14(13)23-24-15/h8-9,11,13-17,23-24,26H,1-7,10,12H2,(H,22,27)/t13?,14?,15?,16-,17-/m1/s1. The summed E-state index contributed by atoms with van der Waals surface area (Å²) >= 11 is 0. The highest BCUT2D eigenvalue weighted by molar-refractivity contribution is 5.76. The molecule has 5 atom stereocenters. The van der Waals surface area contributed by atoms with Crippen molar-refractivity contribution in [2.24, 2.45) is 5.92 Å². The van der Waals surface area contributed by atoms with Gasteiger partial charge in [-0.1, -0.05) is 12.8 Å². The second kappa shape index (κ2) is 8.50. The lowest BCUT2D eigenvalue weighted by atomic mass is 9.80. The van der Waals surface area contributed by atoms with Gasteiger partial charge in [-0.05, 0) is 31.6 Å². The van der Waals surface area contributed by atoms with E-state index in [1.807, 2.05) is 4.90 Å². The third kappa shape index (κ3) is 4.39. The lowest BCUT2D eigenvalue weighted by Crippen LogP contribution is -2.54. The van der Waals surface area contributed by atoms with Crippen LogP contribution in [0.1, 0.15) is 44.9 Å². The van der Waals surface area contributed by atoms with Crippen molar-refractivity contribution in [3.63, 3.8) is 0 Å². The normalized spacial score (nSPS) is 33.5. The van der Waals surface area contributed by atoms with Crippen molar-refractivity contribution < 1.29 is 9.90 Å². The van der Waals surface area contributed by atoms with Crippen LogP contribution in [-0.4, -0.2) is 58.3 Å². The number of β-amino-alcohol motifs (C(OH)–C–C–N with tert-alkyl or cyclic N) is 1. The van der Waals surface area contributed by atoms with Gasteiger partial charge in [0.2, 0.25) is 5.91 Å². The summed E-state index contributed by atoms with van der Waals surface area (Å²) in [6.07, 6.45) is 11.5. The van der Waals surface area contributed by atoms with Gasteiger partial charge in [-0.2, -0.15) is 0 Å². The summed E-state index contributed by atoms with van der Waals surface area (Å²) in [7, 11) is 0. The van der Waals surface area contributed by atoms with E-state index in [1.165, 1.54) is 25.7 Å². The number of aliphatic hydroxyl groups excluding tert-OH is 1. The minimum atomic E-state index is -0.598. The van der Waals surface area contributed by atoms with Crippen LogP contribution in [0, 0.1) is 5.92 Å². The van der Waals surface area contributed by atoms with Gasteiger partial charge < -0.3 is 15.3 Å². The molecular formula is C19H30N6O2. The number of hydrogen-bond donors (Lipinski definition) is 4. The van der Waals surface area contributed by atoms with E-state index < -0.39 is 6.10 Å². The number of aromatic nitrogens is 2. The Morgan fingerprint density at radius 2 is 2.15 bits per heavy atom. The molecule has 3 heterocycles. The molecule has 4 rings (SSSR count). The molecule has 27 heavy (non-hydrogen) atoms. The molecule has 0 aromatic carbocycles. The first-order valence-electron chi connectivity index (χ1n) is 10.2. The summed E-state index contributed by atoms with van der Waals surface area (Å²) in [5.41, 5.74) is 6.79. The fourth-order valence-corrected chi connectivity index (χ4v) is 4.76. The van der Waals surface area contributed by atoms with Gasteiger partial charge in [0.15, 0.2) is 0 Å². The quantitative estimate of drug-likeness (QED) is 0.590. The molecule has 0 spiro atoms. The molecular weight excluding hydrogens is 344 g/mol. The molecule has 1 amide bonds. The lowest BCUT2D eigenvalue weighted by Gasteiger charge is -2.36. The first-order chi connectivity index (χ1) is 13.2. The first kappa shape index (κ1) is 18.6. The van der Waals surface area contributed by atoms with E-state index in [-0.39, 0.29) is 11.9 Å². The van der Waals surface area contributed by atoms with E-state index in [0.29, 0.717) is 37.4 Å². The van der Waals surface area contributed by atoms with E-state index in [2.05, 4.69) is 26.1 Å². The van der Waals surface area contributed by atoms with E-state index in [9.17, 15) is 9.90 Å². The SMILES string of the molecule is O=C(CCC1NNC2CCCCC21)N[C@@H]1CCN(c2cnccn2)C[C@H]1O. The molecule has 1 aliphatic carbocycles. The average molecular weight is 374 g/mol. The van der Waals surface area contributed by atoms with Gasteiger partial charge in [0.1, 0.15) is 5.82 Å². The number of carbonyl (C=O) groups excluding carboxylic acids is 1. The number of hydrazine groups is 1. The van der Waals surface area contributed by atoms with Crippen LogP contribution >= 0.6 is 0 Å². The molecule has 3 unspecified atom stereocenters. The van der Waals surface area contributed by atoms with Crippen molar-refractivity contribution in [2.75, 3.05) is 18.0 Å². The van der Waals surface area contributed by atoms with Crippen molar-refractivity contribution in [3.05, 3.63) is 18.6 Å². The zero-order valence-corrected chi connectivity index (χ0v) is 15.7. The molecule has 2 saturated heterocycles. The number of fused-ring (bicyclic) bond motifs is 1. The first-order valence-corrected chi connectivity index (χ1v) is 10.2. The maximum atomic E-state index is 12.4. The topological polar surface area (TPSA) is 102 Å². The summed E-state index contributed by atoms with van der Waals surface area (Å²) in [5, 5.41) is 13.5. The van der Waals surface area contributed by atoms with Gasteiger partial charge in [-0.25, -0.2) is 4.98 Å². The zero-order chi connectivity index (χ0) is 18.6. The Kier molecular flexibility index (Phi) is 5.85. The number of aliphatic hydroxyl groups is 1. The monoisotopic (exact) mass is 374 g/mol. The maximum absolute atomic E-state index is 12.4. The zero-order valence-electron chi connectivity index (χ0n) is 15.7. The largest absolute Gasteiger partial charge is 0.389 e. The van der Waals surface area contributed by atoms with Crippen molar-refractivity contribution in [3.8, 4) is 0 Å². The summed E-state index contributed by atoms with van der Waals surface area (Å²) in [5.74, 6) is 1.45. The van der Waals surface area contributed by atoms with E-state index in [1.54, 1.807) is 18.6 Å². The van der Waals surface area contributed by atoms with Gasteiger partial charge in [0.25, 0.3) is 0 Å². The van der Waals surface area contributed by atoms with E-state index in [0.717, 1.165) is 18.8 Å². The number of carbonyl (C=O) groups is 1. The molecule has 1 aromatic rings. The molecule has 2 aliphatic heterocycles. The minimum absolute atomic E-state index is 0.0352. The predicted octanol–water partition coefficient (Wildman–Crippen LogP) is 0.348. The van der Waals surface area contributed by atoms with Crippen LogP contribution in [0.15, 0.2) is 18.6 Å². The molecule has 8 nitrogen and oxygen atoms in total. The lowest BCUT2D eigenvalue weighted by molar-refractivity contribution is -0.123. The third-order valence-electron chi connectivity index (χ3n) is 6.27. The Morgan fingerprint density at radius 1 is 1.26 bits per heavy atom. The number of hydrogen-bond acceptors (Lipinski definition) is 7. The fourth-order valence-electron chi connectivity index (χ4n) is 4.76. The van der Waals surface area contributed by atoms with Crippen molar-refractivity contribution in [2.45, 2.75) is 69.2 Å².